The molecule has 1 heterocycles. The summed E-state index contributed by atoms with van der Waals surface area (Å²) in [4.78, 5) is 15.9. The molecule has 0 aliphatic rings. The fourth-order valence-electron chi connectivity index (χ4n) is 1.68. The molecule has 0 bridgehead atoms. The first kappa shape index (κ1) is 15.2. The largest absolute Gasteiger partial charge is 0.460 e. The van der Waals surface area contributed by atoms with Crippen molar-refractivity contribution in [3.8, 4) is 11.8 Å². The van der Waals surface area contributed by atoms with Gasteiger partial charge < -0.3 is 4.74 Å². The van der Waals surface area contributed by atoms with Crippen LogP contribution in [-0.4, -0.2) is 17.6 Å². The molecule has 21 heavy (non-hydrogen) atoms. The standard InChI is InChI=1S/C16H14FNO2S/c1-2-3-6-9-20-16(19)14-11-21-15(18-14)10-12-7-4-5-8-13(12)17/h4-5,7-8,11H,6,9-10H2,1H3. The number of halogens is 1. The van der Waals surface area contributed by atoms with E-state index >= 15 is 0 Å². The van der Waals surface area contributed by atoms with Crippen molar-refractivity contribution in [3.63, 3.8) is 0 Å². The molecule has 0 radical (unpaired) electrons. The van der Waals surface area contributed by atoms with Crippen LogP contribution in [0.15, 0.2) is 29.6 Å². The van der Waals surface area contributed by atoms with Gasteiger partial charge in [-0.3, -0.25) is 0 Å². The minimum Gasteiger partial charge on any atom is -0.460 e. The van der Waals surface area contributed by atoms with Crippen molar-refractivity contribution in [2.24, 2.45) is 0 Å². The number of carbonyl (C=O) groups excluding carboxylic acids is 1. The molecule has 3 nitrogen and oxygen atoms in total. The minimum atomic E-state index is -0.469. The Hall–Kier alpha value is -2.19. The first-order valence-corrected chi connectivity index (χ1v) is 7.33. The lowest BCUT2D eigenvalue weighted by Crippen LogP contribution is -2.06. The van der Waals surface area contributed by atoms with Crippen LogP contribution in [-0.2, 0) is 11.2 Å². The second-order valence-electron chi connectivity index (χ2n) is 4.21. The molecule has 0 N–H and O–H groups in total. The molecule has 1 aromatic heterocycles. The van der Waals surface area contributed by atoms with Gasteiger partial charge in [0.2, 0.25) is 0 Å². The Bertz CT molecular complexity index is 685. The van der Waals surface area contributed by atoms with Crippen molar-refractivity contribution in [3.05, 3.63) is 51.7 Å². The van der Waals surface area contributed by atoms with Gasteiger partial charge in [0.1, 0.15) is 12.4 Å². The molecular formula is C16H14FNO2S. The van der Waals surface area contributed by atoms with E-state index in [-0.39, 0.29) is 18.1 Å². The molecule has 108 valence electrons. The van der Waals surface area contributed by atoms with Crippen LogP contribution in [0.1, 0.15) is 34.4 Å². The number of thiazole rings is 1. The maximum absolute atomic E-state index is 13.6. The molecular weight excluding hydrogens is 289 g/mol. The number of hydrogen-bond acceptors (Lipinski definition) is 4. The number of hydrogen-bond donors (Lipinski definition) is 0. The average Bonchev–Trinajstić information content (AvgIpc) is 2.94. The summed E-state index contributed by atoms with van der Waals surface area (Å²) < 4.78 is 18.6. The van der Waals surface area contributed by atoms with Gasteiger partial charge in [0.05, 0.1) is 5.01 Å². The van der Waals surface area contributed by atoms with Gasteiger partial charge in [-0.25, -0.2) is 14.2 Å². The molecule has 0 saturated heterocycles. The Morgan fingerprint density at radius 1 is 1.43 bits per heavy atom. The highest BCUT2D eigenvalue weighted by atomic mass is 32.1. The van der Waals surface area contributed by atoms with Gasteiger partial charge in [0.25, 0.3) is 0 Å². The van der Waals surface area contributed by atoms with Crippen LogP contribution in [0, 0.1) is 17.7 Å². The first-order valence-electron chi connectivity index (χ1n) is 6.45. The Morgan fingerprint density at radius 2 is 2.24 bits per heavy atom. The van der Waals surface area contributed by atoms with Crippen molar-refractivity contribution >= 4 is 17.3 Å². The Morgan fingerprint density at radius 3 is 3.00 bits per heavy atom. The number of esters is 1. The van der Waals surface area contributed by atoms with Gasteiger partial charge in [-0.15, -0.1) is 23.2 Å². The molecule has 0 unspecified atom stereocenters. The van der Waals surface area contributed by atoms with Gasteiger partial charge >= 0.3 is 5.97 Å². The normalized spacial score (nSPS) is 9.81. The lowest BCUT2D eigenvalue weighted by Gasteiger charge is -2.00. The molecule has 0 spiro atoms. The van der Waals surface area contributed by atoms with Gasteiger partial charge in [-0.05, 0) is 18.6 Å². The Kier molecular flexibility index (Phi) is 5.47. The molecule has 0 fully saturated rings. The third kappa shape index (κ3) is 4.40. The van der Waals surface area contributed by atoms with E-state index in [4.69, 9.17) is 4.74 Å². The number of ether oxygens (including phenoxy) is 1. The zero-order chi connectivity index (χ0) is 15.1. The minimum absolute atomic E-state index is 0.250. The number of nitrogens with zero attached hydrogens (tertiary/aromatic N) is 1. The van der Waals surface area contributed by atoms with Crippen LogP contribution < -0.4 is 0 Å². The maximum Gasteiger partial charge on any atom is 0.357 e. The molecule has 2 rings (SSSR count). The Balaban J connectivity index is 1.96. The predicted molar refractivity (Wildman–Crippen MR) is 79.7 cm³/mol. The van der Waals surface area contributed by atoms with E-state index in [2.05, 4.69) is 16.8 Å². The fraction of sp³-hybridized carbons (Fsp3) is 0.250. The molecule has 1 aromatic carbocycles. The highest BCUT2D eigenvalue weighted by Gasteiger charge is 2.13. The summed E-state index contributed by atoms with van der Waals surface area (Å²) in [5, 5.41) is 2.31. The van der Waals surface area contributed by atoms with Crippen LogP contribution in [0.25, 0.3) is 0 Å². The molecule has 0 amide bonds. The van der Waals surface area contributed by atoms with Crippen molar-refractivity contribution in [1.29, 1.82) is 0 Å². The molecule has 0 saturated carbocycles. The van der Waals surface area contributed by atoms with Gasteiger partial charge in [-0.2, -0.15) is 0 Å². The summed E-state index contributed by atoms with van der Waals surface area (Å²) in [7, 11) is 0. The topological polar surface area (TPSA) is 39.2 Å². The fourth-order valence-corrected chi connectivity index (χ4v) is 2.47. The highest BCUT2D eigenvalue weighted by molar-refractivity contribution is 7.09. The summed E-state index contributed by atoms with van der Waals surface area (Å²) >= 11 is 1.32. The third-order valence-corrected chi connectivity index (χ3v) is 3.55. The Labute approximate surface area is 126 Å². The number of rotatable bonds is 5. The first-order chi connectivity index (χ1) is 10.2. The SMILES string of the molecule is CC#CCCOC(=O)c1csc(Cc2ccccc2F)n1. The average molecular weight is 303 g/mol. The van der Waals surface area contributed by atoms with E-state index in [1.54, 1.807) is 30.5 Å². The van der Waals surface area contributed by atoms with Crippen molar-refractivity contribution in [1.82, 2.24) is 4.98 Å². The van der Waals surface area contributed by atoms with Gasteiger partial charge in [-0.1, -0.05) is 18.2 Å². The summed E-state index contributed by atoms with van der Waals surface area (Å²) in [6.07, 6.45) is 0.875. The smallest absolute Gasteiger partial charge is 0.357 e. The molecule has 0 atom stereocenters. The molecule has 5 heteroatoms. The zero-order valence-corrected chi connectivity index (χ0v) is 12.4. The summed E-state index contributed by atoms with van der Waals surface area (Å²) in [6, 6.07) is 6.53. The second-order valence-corrected chi connectivity index (χ2v) is 5.15. The van der Waals surface area contributed by atoms with Crippen LogP contribution in [0.2, 0.25) is 0 Å². The van der Waals surface area contributed by atoms with Gasteiger partial charge in [0, 0.05) is 18.2 Å². The van der Waals surface area contributed by atoms with E-state index < -0.39 is 5.97 Å². The van der Waals surface area contributed by atoms with E-state index in [0.717, 1.165) is 0 Å². The monoisotopic (exact) mass is 303 g/mol. The molecule has 2 aromatic rings. The van der Waals surface area contributed by atoms with E-state index in [1.807, 2.05) is 0 Å². The van der Waals surface area contributed by atoms with Crippen molar-refractivity contribution < 1.29 is 13.9 Å². The van der Waals surface area contributed by atoms with Gasteiger partial charge in [0.15, 0.2) is 5.69 Å². The van der Waals surface area contributed by atoms with Crippen LogP contribution in [0.4, 0.5) is 4.39 Å². The lowest BCUT2D eigenvalue weighted by atomic mass is 10.1. The van der Waals surface area contributed by atoms with Crippen LogP contribution >= 0.6 is 11.3 Å². The molecule has 0 aliphatic heterocycles. The van der Waals surface area contributed by atoms with E-state index in [0.29, 0.717) is 23.4 Å². The summed E-state index contributed by atoms with van der Waals surface area (Å²) in [5.74, 6) is 4.80. The summed E-state index contributed by atoms with van der Waals surface area (Å²) in [6.45, 7) is 1.98. The van der Waals surface area contributed by atoms with E-state index in [1.165, 1.54) is 17.4 Å². The number of benzene rings is 1. The predicted octanol–water partition coefficient (Wildman–Crippen LogP) is 3.44. The maximum atomic E-state index is 13.6. The quantitative estimate of drug-likeness (QED) is 0.482. The third-order valence-electron chi connectivity index (χ3n) is 2.70. The highest BCUT2D eigenvalue weighted by Crippen LogP contribution is 2.17. The lowest BCUT2D eigenvalue weighted by molar-refractivity contribution is 0.0507. The summed E-state index contributed by atoms with van der Waals surface area (Å²) in [5.41, 5.74) is 0.820. The number of carbonyl (C=O) groups is 1. The van der Waals surface area contributed by atoms with Crippen molar-refractivity contribution in [2.75, 3.05) is 6.61 Å². The molecule has 0 aliphatic carbocycles. The van der Waals surface area contributed by atoms with Crippen molar-refractivity contribution in [2.45, 2.75) is 19.8 Å². The zero-order valence-electron chi connectivity index (χ0n) is 11.6. The van der Waals surface area contributed by atoms with Crippen LogP contribution in [0.5, 0.6) is 0 Å². The van der Waals surface area contributed by atoms with Crippen LogP contribution in [0.3, 0.4) is 0 Å². The second kappa shape index (κ2) is 7.55. The van der Waals surface area contributed by atoms with E-state index in [9.17, 15) is 9.18 Å². The number of aromatic nitrogens is 1.